The Balaban J connectivity index is 5.14. The first-order chi connectivity index (χ1) is 5.98. The van der Waals surface area contributed by atoms with Crippen LogP contribution >= 0.6 is 0 Å². The third-order valence-corrected chi connectivity index (χ3v) is 1.62. The normalized spacial score (nSPS) is 16.3. The average molecular weight is 185 g/mol. The number of aliphatic hydroxyl groups is 1. The number of carbonyl (C=O) groups is 1. The van der Waals surface area contributed by atoms with E-state index in [2.05, 4.69) is 0 Å². The van der Waals surface area contributed by atoms with Gasteiger partial charge in [0.2, 0.25) is 0 Å². The molecule has 1 N–H and O–H groups in total. The molecular formula is C11H20O2. The fourth-order valence-electron chi connectivity index (χ4n) is 0.483. The minimum Gasteiger partial charge on any atom is -0.512 e. The maximum Gasteiger partial charge on any atom is 0.164 e. The summed E-state index contributed by atoms with van der Waals surface area (Å²) in [5.41, 5.74) is -1.16. The van der Waals surface area contributed by atoms with E-state index in [-0.39, 0.29) is 17.6 Å². The topological polar surface area (TPSA) is 37.3 Å². The van der Waals surface area contributed by atoms with Gasteiger partial charge in [-0.25, -0.2) is 0 Å². The molecule has 0 aliphatic rings. The van der Waals surface area contributed by atoms with Gasteiger partial charge in [-0.05, 0) is 0 Å². The van der Waals surface area contributed by atoms with E-state index >= 15 is 0 Å². The second-order valence-electron chi connectivity index (χ2n) is 5.30. The van der Waals surface area contributed by atoms with Crippen LogP contribution in [0.3, 0.4) is 0 Å². The first-order valence-electron chi connectivity index (χ1n) is 4.93. The standard InChI is InChI=1S/C11H20O2/c1-10(2,3)8(12)7-9(13)11(4,5)6/h7,12H,1-6H3/i7D. The van der Waals surface area contributed by atoms with Gasteiger partial charge in [-0.3, -0.25) is 4.79 Å². The summed E-state index contributed by atoms with van der Waals surface area (Å²) >= 11 is 0. The largest absolute Gasteiger partial charge is 0.512 e. The van der Waals surface area contributed by atoms with Crippen molar-refractivity contribution in [1.82, 2.24) is 0 Å². The van der Waals surface area contributed by atoms with Crippen LogP contribution in [0.15, 0.2) is 11.8 Å². The zero-order chi connectivity index (χ0) is 11.7. The Bertz CT molecular complexity index is 264. The minimum absolute atomic E-state index is 0.141. The van der Waals surface area contributed by atoms with Gasteiger partial charge < -0.3 is 5.11 Å². The van der Waals surface area contributed by atoms with E-state index in [1.54, 1.807) is 41.5 Å². The number of rotatable bonds is 1. The molecule has 2 nitrogen and oxygen atoms in total. The molecule has 0 saturated heterocycles. The lowest BCUT2D eigenvalue weighted by atomic mass is 9.87. The monoisotopic (exact) mass is 185 g/mol. The molecule has 0 saturated carbocycles. The molecule has 0 radical (unpaired) electrons. The fourth-order valence-corrected chi connectivity index (χ4v) is 0.483. The van der Waals surface area contributed by atoms with Crippen molar-refractivity contribution >= 4 is 5.78 Å². The molecule has 0 unspecified atom stereocenters. The highest BCUT2D eigenvalue weighted by molar-refractivity contribution is 5.94. The summed E-state index contributed by atoms with van der Waals surface area (Å²) in [5, 5.41) is 9.66. The van der Waals surface area contributed by atoms with Crippen LogP contribution in [-0.4, -0.2) is 10.9 Å². The first kappa shape index (κ1) is 10.3. The van der Waals surface area contributed by atoms with Crippen molar-refractivity contribution < 1.29 is 11.3 Å². The predicted molar refractivity (Wildman–Crippen MR) is 54.6 cm³/mol. The lowest BCUT2D eigenvalue weighted by Crippen LogP contribution is -2.20. The van der Waals surface area contributed by atoms with Crippen LogP contribution in [0.25, 0.3) is 0 Å². The Morgan fingerprint density at radius 1 is 1.15 bits per heavy atom. The van der Waals surface area contributed by atoms with Crippen LogP contribution in [0, 0.1) is 10.8 Å². The van der Waals surface area contributed by atoms with Gasteiger partial charge in [-0.2, -0.15) is 0 Å². The number of aliphatic hydroxyl groups excluding tert-OH is 1. The molecule has 0 aromatic rings. The van der Waals surface area contributed by atoms with E-state index < -0.39 is 10.8 Å². The third kappa shape index (κ3) is 4.11. The molecule has 0 aliphatic carbocycles. The van der Waals surface area contributed by atoms with Gasteiger partial charge in [0.1, 0.15) is 5.76 Å². The van der Waals surface area contributed by atoms with Gasteiger partial charge in [-0.1, -0.05) is 41.5 Å². The first-order valence-corrected chi connectivity index (χ1v) is 4.43. The van der Waals surface area contributed by atoms with E-state index in [9.17, 15) is 9.90 Å². The molecule has 0 fully saturated rings. The highest BCUT2D eigenvalue weighted by Gasteiger charge is 2.23. The molecule has 2 heteroatoms. The van der Waals surface area contributed by atoms with Crippen LogP contribution in [0.5, 0.6) is 0 Å². The molecule has 0 rings (SSSR count). The van der Waals surface area contributed by atoms with Crippen molar-refractivity contribution in [3.63, 3.8) is 0 Å². The van der Waals surface area contributed by atoms with E-state index in [1.165, 1.54) is 0 Å². The second-order valence-corrected chi connectivity index (χ2v) is 5.30. The Morgan fingerprint density at radius 3 is 1.77 bits per heavy atom. The summed E-state index contributed by atoms with van der Waals surface area (Å²) in [7, 11) is 0. The van der Waals surface area contributed by atoms with Crippen molar-refractivity contribution in [2.24, 2.45) is 10.8 Å². The summed E-state index contributed by atoms with van der Waals surface area (Å²) in [5.74, 6) is -0.470. The SMILES string of the molecule is [2H]C(C(=O)C(C)(C)C)=C(O)C(C)(C)C. The highest BCUT2D eigenvalue weighted by Crippen LogP contribution is 2.24. The quantitative estimate of drug-likeness (QED) is 0.503. The van der Waals surface area contributed by atoms with Crippen LogP contribution < -0.4 is 0 Å². The number of ketones is 1. The molecule has 0 aromatic heterocycles. The molecule has 76 valence electrons. The molecular weight excluding hydrogens is 164 g/mol. The van der Waals surface area contributed by atoms with E-state index in [0.717, 1.165) is 0 Å². The number of hydrogen-bond acceptors (Lipinski definition) is 2. The maximum absolute atomic E-state index is 11.6. The predicted octanol–water partition coefficient (Wildman–Crippen LogP) is 3.09. The van der Waals surface area contributed by atoms with E-state index in [0.29, 0.717) is 0 Å². The Hall–Kier alpha value is -0.790. The van der Waals surface area contributed by atoms with Crippen molar-refractivity contribution in [2.75, 3.05) is 0 Å². The van der Waals surface area contributed by atoms with Crippen LogP contribution in [0.1, 0.15) is 42.9 Å². The van der Waals surface area contributed by atoms with Gasteiger partial charge in [0, 0.05) is 16.9 Å². The second kappa shape index (κ2) is 3.52. The lowest BCUT2D eigenvalue weighted by molar-refractivity contribution is -0.121. The minimum atomic E-state index is -0.615. The zero-order valence-electron chi connectivity index (χ0n) is 10.4. The molecule has 0 bridgehead atoms. The smallest absolute Gasteiger partial charge is 0.164 e. The van der Waals surface area contributed by atoms with Crippen LogP contribution in [-0.2, 0) is 4.79 Å². The number of carbonyl (C=O) groups excluding carboxylic acids is 1. The zero-order valence-corrected chi connectivity index (χ0v) is 9.36. The van der Waals surface area contributed by atoms with Crippen LogP contribution in [0.4, 0.5) is 0 Å². The summed E-state index contributed by atoms with van der Waals surface area (Å²) in [6.45, 7) is 10.5. The maximum atomic E-state index is 11.6. The number of hydrogen-bond donors (Lipinski definition) is 1. The van der Waals surface area contributed by atoms with Gasteiger partial charge in [0.15, 0.2) is 5.78 Å². The molecule has 0 spiro atoms. The fraction of sp³-hybridized carbons (Fsp3) is 0.727. The summed E-state index contributed by atoms with van der Waals surface area (Å²) in [6.07, 6.45) is 0. The lowest BCUT2D eigenvalue weighted by Gasteiger charge is -2.19. The molecule has 0 atom stereocenters. The van der Waals surface area contributed by atoms with Crippen molar-refractivity contribution in [3.8, 4) is 0 Å². The Kier molecular flexibility index (Phi) is 2.79. The van der Waals surface area contributed by atoms with Crippen molar-refractivity contribution in [1.29, 1.82) is 0 Å². The molecule has 0 aliphatic heterocycles. The highest BCUT2D eigenvalue weighted by atomic mass is 16.3. The van der Waals surface area contributed by atoms with Crippen molar-refractivity contribution in [3.05, 3.63) is 11.8 Å². The summed E-state index contributed by atoms with van der Waals surface area (Å²) in [6, 6.07) is -0.273. The summed E-state index contributed by atoms with van der Waals surface area (Å²) < 4.78 is 7.58. The Morgan fingerprint density at radius 2 is 1.54 bits per heavy atom. The van der Waals surface area contributed by atoms with Gasteiger partial charge in [0.05, 0.1) is 1.37 Å². The van der Waals surface area contributed by atoms with Gasteiger partial charge in [-0.15, -0.1) is 0 Å². The molecule has 0 aromatic carbocycles. The number of allylic oxidation sites excluding steroid dienone is 2. The van der Waals surface area contributed by atoms with Gasteiger partial charge >= 0.3 is 0 Å². The van der Waals surface area contributed by atoms with Gasteiger partial charge in [0.25, 0.3) is 0 Å². The molecule has 0 heterocycles. The van der Waals surface area contributed by atoms with E-state index in [4.69, 9.17) is 1.37 Å². The molecule has 13 heavy (non-hydrogen) atoms. The average Bonchev–Trinajstić information content (AvgIpc) is 1.97. The van der Waals surface area contributed by atoms with E-state index in [1.807, 2.05) is 0 Å². The van der Waals surface area contributed by atoms with Crippen molar-refractivity contribution in [2.45, 2.75) is 41.5 Å². The third-order valence-electron chi connectivity index (χ3n) is 1.62. The van der Waals surface area contributed by atoms with Crippen LogP contribution in [0.2, 0.25) is 0 Å². The Labute approximate surface area is 82.1 Å². The summed E-state index contributed by atoms with van der Waals surface area (Å²) in [4.78, 5) is 11.6. The molecule has 0 amide bonds.